The van der Waals surface area contributed by atoms with Gasteiger partial charge in [0, 0.05) is 132 Å². The van der Waals surface area contributed by atoms with Crippen molar-refractivity contribution in [2.75, 3.05) is 0 Å². The molecule has 21 aromatic rings. The van der Waals surface area contributed by atoms with E-state index in [1.54, 1.807) is 34.0 Å². The molecule has 7 aromatic heterocycles. The van der Waals surface area contributed by atoms with Gasteiger partial charge in [0.25, 0.3) is 0 Å². The number of nitrogens with zero attached hydrogens (tertiary/aromatic N) is 8. The van der Waals surface area contributed by atoms with Crippen molar-refractivity contribution in [2.45, 2.75) is 19.3 Å². The van der Waals surface area contributed by atoms with Crippen molar-refractivity contribution < 1.29 is 27.4 Å². The number of benzene rings is 14. The van der Waals surface area contributed by atoms with Crippen molar-refractivity contribution in [3.63, 3.8) is 0 Å². The summed E-state index contributed by atoms with van der Waals surface area (Å²) in [5.74, 6) is -1.17. The molecule has 1 aliphatic carbocycles. The molecule has 7 heterocycles. The predicted octanol–water partition coefficient (Wildman–Crippen LogP) is 25.3. The first-order valence-electron chi connectivity index (χ1n) is 43.3. The minimum absolute atomic E-state index is 0.0208. The van der Waals surface area contributed by atoms with Crippen LogP contribution in [0.5, 0.6) is 0 Å². The smallest absolute Gasteiger partial charge is 0.164 e. The zero-order valence-electron chi connectivity index (χ0n) is 74.8. The second kappa shape index (κ2) is 23.7. The van der Waals surface area contributed by atoms with E-state index in [2.05, 4.69) is 211 Å². The zero-order chi connectivity index (χ0) is 86.1. The Morgan fingerprint density at radius 3 is 1.37 bits per heavy atom. The molecular formula is C93H58N8S3. The van der Waals surface area contributed by atoms with Gasteiger partial charge in [-0.1, -0.05) is 256 Å². The van der Waals surface area contributed by atoms with Gasteiger partial charge < -0.3 is 9.13 Å². The fourth-order valence-corrected chi connectivity index (χ4v) is 18.5. The van der Waals surface area contributed by atoms with E-state index < -0.39 is 121 Å². The monoisotopic (exact) mass is 1400 g/mol. The van der Waals surface area contributed by atoms with Crippen LogP contribution < -0.4 is 0 Å². The van der Waals surface area contributed by atoms with E-state index in [0.29, 0.717) is 11.1 Å². The lowest BCUT2D eigenvalue weighted by atomic mass is 9.82. The Hall–Kier alpha value is -12.6. The van der Waals surface area contributed by atoms with Crippen LogP contribution in [0.3, 0.4) is 0 Å². The first kappa shape index (κ1) is 43.2. The molecule has 0 amide bonds. The molecule has 0 saturated heterocycles. The van der Waals surface area contributed by atoms with E-state index >= 15 is 0 Å². The third-order valence-electron chi connectivity index (χ3n) is 19.7. The molecule has 104 heavy (non-hydrogen) atoms. The highest BCUT2D eigenvalue weighted by molar-refractivity contribution is 7.26. The molecule has 0 spiro atoms. The van der Waals surface area contributed by atoms with E-state index in [-0.39, 0.29) is 62.6 Å². The molecule has 0 atom stereocenters. The molecule has 1 aliphatic rings. The summed E-state index contributed by atoms with van der Waals surface area (Å²) in [6.07, 6.45) is 0. The van der Waals surface area contributed by atoms with Crippen LogP contribution in [0, 0.1) is 0 Å². The maximum atomic E-state index is 8.72. The van der Waals surface area contributed by atoms with Gasteiger partial charge in [-0.05, 0) is 89.5 Å². The molecule has 0 aliphatic heterocycles. The van der Waals surface area contributed by atoms with Gasteiger partial charge in [0.1, 0.15) is 0 Å². The van der Waals surface area contributed by atoms with Crippen molar-refractivity contribution in [3.8, 4) is 90.8 Å². The molecule has 488 valence electrons. The van der Waals surface area contributed by atoms with Crippen molar-refractivity contribution in [1.29, 1.82) is 0 Å². The average Bonchev–Trinajstić information content (AvgIpc) is 1.53. The topological polar surface area (TPSA) is 87.2 Å². The van der Waals surface area contributed by atoms with Gasteiger partial charge in [-0.2, -0.15) is 0 Å². The fraction of sp³-hybridized carbons (Fsp3) is 0.0323. The Morgan fingerprint density at radius 1 is 0.298 bits per heavy atom. The number of aromatic nitrogens is 8. The summed E-state index contributed by atoms with van der Waals surface area (Å²) in [7, 11) is 0. The van der Waals surface area contributed by atoms with Crippen LogP contribution in [0.2, 0.25) is 0 Å². The van der Waals surface area contributed by atoms with Gasteiger partial charge in [-0.15, -0.1) is 34.0 Å². The standard InChI is InChI=1S/C48H32N4S.C45H26N4S2/c1-48(2)36-20-11-9-19-34(36)42-37(48)27-26-33-32-18-10-12-21-38(32)52(44(33)42)39-22-13-23-40-43(39)35-25-24-31(28-41(35)53-40)47-50-45(29-14-5-3-6-15-29)49-46(51-47)30-16-7-4-8-17-30;1-3-11-27(12-4-1)43-46-44(28-13-5-2-6-14-28)48-45(47-43)29-19-21-33-35-24-30(20-22-40(35)51-41(33)23-29)49-37-17-9-7-15-31(37)34-25-36-32-16-8-10-18-39(32)50-42(36)26-38(34)49/h3-28H,1-2H3;1-26H/i3D,4D,5D,6D,7D,8D,14D,15D,16D,17D;1D,2D,3D,4D,5D,6D,11D,12D,13D,14D. The first-order chi connectivity index (χ1) is 59.6. The molecule has 0 fully saturated rings. The lowest BCUT2D eigenvalue weighted by Crippen LogP contribution is -2.14. The minimum Gasteiger partial charge on any atom is -0.309 e. The predicted molar refractivity (Wildman–Crippen MR) is 437 cm³/mol. The molecule has 14 aromatic carbocycles. The van der Waals surface area contributed by atoms with Gasteiger partial charge in [0.05, 0.1) is 55.2 Å². The van der Waals surface area contributed by atoms with E-state index in [1.807, 2.05) is 36.4 Å². The molecular weight excluding hydrogens is 1330 g/mol. The Balaban J connectivity index is 0.000000152. The molecule has 22 rings (SSSR count). The summed E-state index contributed by atoms with van der Waals surface area (Å²) in [5.41, 5.74) is 11.0. The summed E-state index contributed by atoms with van der Waals surface area (Å²) < 4.78 is 180. The lowest BCUT2D eigenvalue weighted by Gasteiger charge is -2.21. The SMILES string of the molecule is [2H]c1c([2H])c([2H])c(-c2nc(-c3ccc4c(c3)sc3ccc(-n5c6ccccc6c6cc7c(cc65)sc5ccccc57)cc34)nc(-c3c([2H])c([2H])c([2H])c([2H])c3[2H])n2)c([2H])c1[2H].[2H]c1c([2H])c([2H])c(-c2nc(-c3ccc4c(c3)sc3cccc(-n5c6ccccc6c6ccc7c(c65)-c5ccccc5C7(C)C)c34)nc(-c3c([2H])c([2H])c([2H])c([2H])c3[2H])n2)c([2H])c1[2H]. The second-order valence-corrected chi connectivity index (χ2v) is 29.0. The summed E-state index contributed by atoms with van der Waals surface area (Å²) in [6, 6.07) is 55.8. The molecule has 0 unspecified atom stereocenters. The zero-order valence-corrected chi connectivity index (χ0v) is 57.2. The minimum atomic E-state index is -0.596. The van der Waals surface area contributed by atoms with Gasteiger partial charge in [-0.25, -0.2) is 29.9 Å². The van der Waals surface area contributed by atoms with Crippen LogP contribution in [0.25, 0.3) is 195 Å². The lowest BCUT2D eigenvalue weighted by molar-refractivity contribution is 0.661. The van der Waals surface area contributed by atoms with Gasteiger partial charge in [0.2, 0.25) is 0 Å². The number of para-hydroxylation sites is 2. The van der Waals surface area contributed by atoms with Crippen molar-refractivity contribution >= 4 is 138 Å². The summed E-state index contributed by atoms with van der Waals surface area (Å²) in [4.78, 5) is 27.4. The quantitative estimate of drug-likeness (QED) is 0.151. The maximum Gasteiger partial charge on any atom is 0.164 e. The van der Waals surface area contributed by atoms with Crippen LogP contribution in [0.1, 0.15) is 52.4 Å². The number of hydrogen-bond acceptors (Lipinski definition) is 9. The fourth-order valence-electron chi connectivity index (χ4n) is 15.0. The molecule has 8 nitrogen and oxygen atoms in total. The van der Waals surface area contributed by atoms with Crippen LogP contribution in [0.4, 0.5) is 0 Å². The van der Waals surface area contributed by atoms with Gasteiger partial charge in [0.15, 0.2) is 34.9 Å². The van der Waals surface area contributed by atoms with Gasteiger partial charge in [-0.3, -0.25) is 0 Å². The molecule has 11 heteroatoms. The van der Waals surface area contributed by atoms with Crippen molar-refractivity contribution in [1.82, 2.24) is 39.0 Å². The summed E-state index contributed by atoms with van der Waals surface area (Å²) in [6.45, 7) is 4.57. The summed E-state index contributed by atoms with van der Waals surface area (Å²) in [5, 5.41) is 11.2. The Bertz CT molecular complexity index is 8110. The normalized spacial score (nSPS) is 15.3. The third kappa shape index (κ3) is 9.62. The Morgan fingerprint density at radius 2 is 0.750 bits per heavy atom. The molecule has 0 bridgehead atoms. The highest BCUT2D eigenvalue weighted by atomic mass is 32.1. The highest BCUT2D eigenvalue weighted by Crippen LogP contribution is 2.54. The molecule has 0 saturated carbocycles. The largest absolute Gasteiger partial charge is 0.309 e. The molecule has 0 radical (unpaired) electrons. The van der Waals surface area contributed by atoms with Crippen LogP contribution in [0.15, 0.2) is 315 Å². The van der Waals surface area contributed by atoms with Crippen molar-refractivity contribution in [2.24, 2.45) is 0 Å². The Kier molecular flexibility index (Phi) is 9.87. The van der Waals surface area contributed by atoms with E-state index in [4.69, 9.17) is 27.4 Å². The third-order valence-corrected chi connectivity index (χ3v) is 23.0. The molecule has 0 N–H and O–H groups in total. The second-order valence-electron chi connectivity index (χ2n) is 25.8. The number of thiophene rings is 3. The first-order valence-corrected chi connectivity index (χ1v) is 35.8. The van der Waals surface area contributed by atoms with Crippen LogP contribution in [-0.2, 0) is 5.41 Å². The highest BCUT2D eigenvalue weighted by Gasteiger charge is 2.38. The van der Waals surface area contributed by atoms with E-state index in [9.17, 15) is 0 Å². The van der Waals surface area contributed by atoms with Crippen LogP contribution in [-0.4, -0.2) is 39.0 Å². The number of rotatable bonds is 8. The Labute approximate surface area is 637 Å². The van der Waals surface area contributed by atoms with Crippen LogP contribution >= 0.6 is 34.0 Å². The average molecular weight is 1400 g/mol. The van der Waals surface area contributed by atoms with E-state index in [0.717, 1.165) is 89.9 Å². The van der Waals surface area contributed by atoms with Gasteiger partial charge >= 0.3 is 0 Å². The van der Waals surface area contributed by atoms with E-state index in [1.165, 1.54) is 47.8 Å². The number of fused-ring (bicyclic) bond motifs is 19. The maximum absolute atomic E-state index is 8.72. The van der Waals surface area contributed by atoms with Crippen molar-refractivity contribution in [3.05, 3.63) is 326 Å². The summed E-state index contributed by atoms with van der Waals surface area (Å²) >= 11 is 4.94. The number of hydrogen-bond donors (Lipinski definition) is 0.